The summed E-state index contributed by atoms with van der Waals surface area (Å²) in [6.45, 7) is 1.13. The number of alkyl halides is 3. The van der Waals surface area contributed by atoms with E-state index in [0.717, 1.165) is 12.1 Å². The molecule has 0 saturated carbocycles. The Kier molecular flexibility index (Phi) is 8.65. The monoisotopic (exact) mass is 526 g/mol. The van der Waals surface area contributed by atoms with E-state index < -0.39 is 57.8 Å². The largest absolute Gasteiger partial charge is 0.471 e. The normalized spacial score (nSPS) is 20.6. The van der Waals surface area contributed by atoms with E-state index in [9.17, 15) is 38.2 Å². The second-order valence-corrected chi connectivity index (χ2v) is 8.45. The van der Waals surface area contributed by atoms with Gasteiger partial charge >= 0.3 is 12.1 Å². The number of carbonyl (C=O) groups is 1. The van der Waals surface area contributed by atoms with E-state index in [1.165, 1.54) is 20.1 Å². The number of rotatable bonds is 9. The zero-order valence-electron chi connectivity index (χ0n) is 19.9. The van der Waals surface area contributed by atoms with Crippen molar-refractivity contribution < 1.29 is 37.3 Å². The number of hydrogen-bond donors (Lipinski definition) is 1. The highest BCUT2D eigenvalue weighted by atomic mass is 19.4. The molecule has 0 aliphatic carbocycles. The first-order valence-electron chi connectivity index (χ1n) is 11.2. The fourth-order valence-corrected chi connectivity index (χ4v) is 4.17. The van der Waals surface area contributed by atoms with E-state index in [2.05, 4.69) is 5.32 Å². The van der Waals surface area contributed by atoms with Crippen LogP contribution in [0.5, 0.6) is 0 Å². The summed E-state index contributed by atoms with van der Waals surface area (Å²) in [6, 6.07) is 9.86. The molecule has 0 unspecified atom stereocenters. The lowest BCUT2D eigenvalue weighted by Crippen LogP contribution is -2.51. The molecule has 37 heavy (non-hydrogen) atoms. The number of non-ortho nitro benzene ring substituents is 1. The molecule has 0 radical (unpaired) electrons. The van der Waals surface area contributed by atoms with Crippen molar-refractivity contribution in [1.82, 2.24) is 4.90 Å². The standard InChI is InChI=1S/C23H25F3N4O7/c1-14(15-6-4-3-5-7-15)28(22(31)23(24,25)26)13-17-9-11-19(21(36-2)37-17)27-18-10-8-16(29(32)33)12-20(18)30(34)35/h3-8,10,12,14,17,19,21,27H,9,11,13H2,1-2H3/t14-,17+,19-,21+/m1/s1. The number of amides is 1. The number of nitrogens with one attached hydrogen (secondary N) is 1. The third-order valence-corrected chi connectivity index (χ3v) is 6.07. The fraction of sp³-hybridized carbons (Fsp3) is 0.435. The van der Waals surface area contributed by atoms with Gasteiger partial charge in [0.15, 0.2) is 6.29 Å². The Morgan fingerprint density at radius 3 is 2.41 bits per heavy atom. The predicted octanol–water partition coefficient (Wildman–Crippen LogP) is 4.59. The molecule has 1 aliphatic rings. The van der Waals surface area contributed by atoms with E-state index in [-0.39, 0.29) is 25.1 Å². The first kappa shape index (κ1) is 27.8. The minimum atomic E-state index is -5.09. The first-order valence-corrected chi connectivity index (χ1v) is 11.2. The summed E-state index contributed by atoms with van der Waals surface area (Å²) in [5.41, 5.74) is -0.465. The van der Waals surface area contributed by atoms with Gasteiger partial charge in [0.2, 0.25) is 0 Å². The van der Waals surface area contributed by atoms with Gasteiger partial charge in [0.25, 0.3) is 11.4 Å². The minimum absolute atomic E-state index is 0.00345. The molecular weight excluding hydrogens is 501 g/mol. The van der Waals surface area contributed by atoms with Gasteiger partial charge in [-0.15, -0.1) is 0 Å². The lowest BCUT2D eigenvalue weighted by molar-refractivity contribution is -0.393. The van der Waals surface area contributed by atoms with Crippen LogP contribution in [0.1, 0.15) is 31.4 Å². The summed E-state index contributed by atoms with van der Waals surface area (Å²) in [5, 5.41) is 25.3. The lowest BCUT2D eigenvalue weighted by atomic mass is 10.0. The smallest absolute Gasteiger partial charge is 0.372 e. The summed E-state index contributed by atoms with van der Waals surface area (Å²) in [6.07, 6.45) is -6.44. The zero-order valence-corrected chi connectivity index (χ0v) is 19.9. The van der Waals surface area contributed by atoms with Gasteiger partial charge in [-0.1, -0.05) is 30.3 Å². The number of hydrogen-bond acceptors (Lipinski definition) is 8. The van der Waals surface area contributed by atoms with Crippen molar-refractivity contribution in [3.05, 3.63) is 74.3 Å². The number of nitrogens with zero attached hydrogens (tertiary/aromatic N) is 3. The molecule has 4 atom stereocenters. The van der Waals surface area contributed by atoms with Gasteiger partial charge in [0.1, 0.15) is 5.69 Å². The van der Waals surface area contributed by atoms with E-state index >= 15 is 0 Å². The van der Waals surface area contributed by atoms with Crippen LogP contribution in [0.4, 0.5) is 30.2 Å². The fourth-order valence-electron chi connectivity index (χ4n) is 4.17. The SMILES string of the molecule is CO[C@H]1O[C@H](CN(C(=O)C(F)(F)F)[C@H](C)c2ccccc2)CC[C@H]1Nc1ccc([N+](=O)[O-])cc1[N+](=O)[O-]. The van der Waals surface area contributed by atoms with Crippen LogP contribution in [0.15, 0.2) is 48.5 Å². The Labute approximate surface area is 209 Å². The molecule has 2 aromatic carbocycles. The molecule has 0 spiro atoms. The van der Waals surface area contributed by atoms with Gasteiger partial charge in [0, 0.05) is 19.7 Å². The average Bonchev–Trinajstić information content (AvgIpc) is 2.87. The van der Waals surface area contributed by atoms with E-state index in [1.807, 2.05) is 0 Å². The number of carbonyl (C=O) groups excluding carboxylic acids is 1. The Bertz CT molecular complexity index is 1130. The molecule has 11 nitrogen and oxygen atoms in total. The molecule has 200 valence electrons. The van der Waals surface area contributed by atoms with Crippen molar-refractivity contribution in [2.45, 2.75) is 50.4 Å². The van der Waals surface area contributed by atoms with Crippen LogP contribution < -0.4 is 5.32 Å². The number of nitro groups is 2. The van der Waals surface area contributed by atoms with Gasteiger partial charge in [-0.2, -0.15) is 13.2 Å². The molecule has 1 aliphatic heterocycles. The van der Waals surface area contributed by atoms with E-state index in [4.69, 9.17) is 9.47 Å². The third-order valence-electron chi connectivity index (χ3n) is 6.07. The van der Waals surface area contributed by atoms with Crippen LogP contribution in [0.25, 0.3) is 0 Å². The zero-order chi connectivity index (χ0) is 27.3. The van der Waals surface area contributed by atoms with Crippen LogP contribution in [-0.2, 0) is 14.3 Å². The highest BCUT2D eigenvalue weighted by molar-refractivity contribution is 5.82. The van der Waals surface area contributed by atoms with Gasteiger partial charge < -0.3 is 19.7 Å². The summed E-state index contributed by atoms with van der Waals surface area (Å²) in [5.74, 6) is -2.00. The number of benzene rings is 2. The second-order valence-electron chi connectivity index (χ2n) is 8.45. The molecule has 1 heterocycles. The first-order chi connectivity index (χ1) is 17.4. The van der Waals surface area contributed by atoms with Crippen molar-refractivity contribution in [3.8, 4) is 0 Å². The molecule has 0 aromatic heterocycles. The van der Waals surface area contributed by atoms with Crippen molar-refractivity contribution in [2.24, 2.45) is 0 Å². The lowest BCUT2D eigenvalue weighted by Gasteiger charge is -2.39. The quantitative estimate of drug-likeness (QED) is 0.370. The maximum atomic E-state index is 13.4. The molecule has 1 amide bonds. The van der Waals surface area contributed by atoms with Crippen molar-refractivity contribution in [1.29, 1.82) is 0 Å². The number of nitro benzene ring substituents is 2. The Morgan fingerprint density at radius 1 is 1.16 bits per heavy atom. The highest BCUT2D eigenvalue weighted by Crippen LogP contribution is 2.33. The molecule has 0 bridgehead atoms. The average molecular weight is 526 g/mol. The number of halogens is 3. The maximum Gasteiger partial charge on any atom is 0.471 e. The minimum Gasteiger partial charge on any atom is -0.372 e. The number of methoxy groups -OCH3 is 1. The van der Waals surface area contributed by atoms with Crippen LogP contribution >= 0.6 is 0 Å². The maximum absolute atomic E-state index is 13.4. The Hall–Kier alpha value is -3.78. The topological polar surface area (TPSA) is 137 Å². The molecule has 2 aromatic rings. The van der Waals surface area contributed by atoms with Gasteiger partial charge in [0.05, 0.1) is 34.1 Å². The number of ether oxygens (including phenoxy) is 2. The van der Waals surface area contributed by atoms with Gasteiger partial charge in [-0.05, 0) is 31.4 Å². The summed E-state index contributed by atoms with van der Waals surface area (Å²) in [7, 11) is 1.30. The Balaban J connectivity index is 1.77. The summed E-state index contributed by atoms with van der Waals surface area (Å²) in [4.78, 5) is 33.9. The summed E-state index contributed by atoms with van der Waals surface area (Å²) >= 11 is 0. The van der Waals surface area contributed by atoms with E-state index in [1.54, 1.807) is 30.3 Å². The van der Waals surface area contributed by atoms with Crippen molar-refractivity contribution in [2.75, 3.05) is 19.0 Å². The molecular formula is C23H25F3N4O7. The molecule has 14 heteroatoms. The van der Waals surface area contributed by atoms with Crippen LogP contribution in [0, 0.1) is 20.2 Å². The molecule has 1 saturated heterocycles. The number of anilines is 1. The third kappa shape index (κ3) is 6.71. The highest BCUT2D eigenvalue weighted by Gasteiger charge is 2.45. The van der Waals surface area contributed by atoms with Crippen molar-refractivity contribution in [3.63, 3.8) is 0 Å². The summed E-state index contributed by atoms with van der Waals surface area (Å²) < 4.78 is 51.4. The van der Waals surface area contributed by atoms with Crippen molar-refractivity contribution >= 4 is 23.0 Å². The predicted molar refractivity (Wildman–Crippen MR) is 125 cm³/mol. The van der Waals surface area contributed by atoms with Gasteiger partial charge in [-0.25, -0.2) is 0 Å². The van der Waals surface area contributed by atoms with Gasteiger partial charge in [-0.3, -0.25) is 25.0 Å². The van der Waals surface area contributed by atoms with Crippen LogP contribution in [-0.4, -0.2) is 58.9 Å². The second kappa shape index (κ2) is 11.5. The van der Waals surface area contributed by atoms with Crippen LogP contribution in [0.3, 0.4) is 0 Å². The molecule has 1 fully saturated rings. The van der Waals surface area contributed by atoms with E-state index in [0.29, 0.717) is 10.5 Å². The Morgan fingerprint density at radius 2 is 1.84 bits per heavy atom. The molecule has 1 N–H and O–H groups in total. The van der Waals surface area contributed by atoms with Crippen LogP contribution in [0.2, 0.25) is 0 Å². The molecule has 3 rings (SSSR count).